The molecule has 2 rings (SSSR count). The van der Waals surface area contributed by atoms with Gasteiger partial charge in [0.15, 0.2) is 0 Å². The van der Waals surface area contributed by atoms with Gasteiger partial charge < -0.3 is 20.1 Å². The van der Waals surface area contributed by atoms with Crippen molar-refractivity contribution in [3.63, 3.8) is 0 Å². The molecule has 0 saturated carbocycles. The molecule has 0 radical (unpaired) electrons. The zero-order valence-electron chi connectivity index (χ0n) is 10.6. The first-order chi connectivity index (χ1) is 9.15. The van der Waals surface area contributed by atoms with E-state index in [4.69, 9.17) is 9.84 Å². The van der Waals surface area contributed by atoms with Gasteiger partial charge in [0.05, 0.1) is 24.9 Å². The minimum Gasteiger partial charge on any atom is -0.394 e. The number of ether oxygens (including phenoxy) is 1. The van der Waals surface area contributed by atoms with E-state index in [9.17, 15) is 4.79 Å². The number of hydrogen-bond acceptors (Lipinski definition) is 5. The number of anilines is 1. The van der Waals surface area contributed by atoms with Crippen molar-refractivity contribution < 1.29 is 14.6 Å². The van der Waals surface area contributed by atoms with Gasteiger partial charge in [-0.3, -0.25) is 4.79 Å². The van der Waals surface area contributed by atoms with Gasteiger partial charge in [-0.15, -0.1) is 0 Å². The van der Waals surface area contributed by atoms with Gasteiger partial charge in [0.25, 0.3) is 5.91 Å². The second-order valence-corrected chi connectivity index (χ2v) is 5.14. The number of rotatable bonds is 3. The van der Waals surface area contributed by atoms with Gasteiger partial charge in [0.1, 0.15) is 5.82 Å². The van der Waals surface area contributed by atoms with Crippen LogP contribution in [0.3, 0.4) is 0 Å². The van der Waals surface area contributed by atoms with Crippen molar-refractivity contribution in [1.29, 1.82) is 0 Å². The van der Waals surface area contributed by atoms with Crippen LogP contribution >= 0.6 is 15.9 Å². The van der Waals surface area contributed by atoms with Crippen LogP contribution in [0.4, 0.5) is 5.82 Å². The zero-order chi connectivity index (χ0) is 13.8. The summed E-state index contributed by atoms with van der Waals surface area (Å²) in [7, 11) is 1.73. The SMILES string of the molecule is CNc1ncc(Br)cc1C(=O)N1CCOC(CO)C1. The lowest BCUT2D eigenvalue weighted by Gasteiger charge is -2.32. The van der Waals surface area contributed by atoms with Crippen LogP contribution in [0.2, 0.25) is 0 Å². The van der Waals surface area contributed by atoms with Crippen LogP contribution in [0.25, 0.3) is 0 Å². The van der Waals surface area contributed by atoms with E-state index < -0.39 is 0 Å². The highest BCUT2D eigenvalue weighted by atomic mass is 79.9. The molecule has 1 aliphatic heterocycles. The van der Waals surface area contributed by atoms with Crippen molar-refractivity contribution in [2.75, 3.05) is 38.7 Å². The summed E-state index contributed by atoms with van der Waals surface area (Å²) in [5.41, 5.74) is 0.510. The van der Waals surface area contributed by atoms with Gasteiger partial charge in [0.2, 0.25) is 0 Å². The third-order valence-corrected chi connectivity index (χ3v) is 3.38. The maximum Gasteiger partial charge on any atom is 0.257 e. The monoisotopic (exact) mass is 329 g/mol. The molecule has 1 saturated heterocycles. The molecule has 1 aromatic heterocycles. The predicted octanol–water partition coefficient (Wildman–Crippen LogP) is 0.719. The molecule has 0 bridgehead atoms. The topological polar surface area (TPSA) is 74.7 Å². The molecule has 1 amide bonds. The standard InChI is InChI=1S/C12H16BrN3O3/c1-14-11-10(4-8(13)5-15-11)12(18)16-2-3-19-9(6-16)7-17/h4-5,9,17H,2-3,6-7H2,1H3,(H,14,15). The summed E-state index contributed by atoms with van der Waals surface area (Å²) in [4.78, 5) is 18.3. The first kappa shape index (κ1) is 14.2. The van der Waals surface area contributed by atoms with Crippen molar-refractivity contribution in [1.82, 2.24) is 9.88 Å². The molecular formula is C12H16BrN3O3. The van der Waals surface area contributed by atoms with Gasteiger partial charge in [-0.25, -0.2) is 4.98 Å². The molecule has 0 spiro atoms. The summed E-state index contributed by atoms with van der Waals surface area (Å²) in [6.07, 6.45) is 1.33. The van der Waals surface area contributed by atoms with Crippen LogP contribution in [-0.2, 0) is 4.74 Å². The van der Waals surface area contributed by atoms with Gasteiger partial charge in [-0.2, -0.15) is 0 Å². The fourth-order valence-corrected chi connectivity index (χ4v) is 2.32. The molecule has 1 unspecified atom stereocenters. The smallest absolute Gasteiger partial charge is 0.257 e. The van der Waals surface area contributed by atoms with Gasteiger partial charge >= 0.3 is 0 Å². The number of aliphatic hydroxyl groups excluding tert-OH is 1. The molecule has 2 N–H and O–H groups in total. The molecule has 104 valence electrons. The van der Waals surface area contributed by atoms with E-state index in [0.717, 1.165) is 4.47 Å². The first-order valence-corrected chi connectivity index (χ1v) is 6.80. The number of morpholine rings is 1. The van der Waals surface area contributed by atoms with E-state index in [-0.39, 0.29) is 18.6 Å². The summed E-state index contributed by atoms with van der Waals surface area (Å²) in [5.74, 6) is 0.431. The molecule has 0 aromatic carbocycles. The van der Waals surface area contributed by atoms with Crippen molar-refractivity contribution in [3.05, 3.63) is 22.3 Å². The quantitative estimate of drug-likeness (QED) is 0.854. The van der Waals surface area contributed by atoms with E-state index in [1.165, 1.54) is 0 Å². The Morgan fingerprint density at radius 1 is 1.74 bits per heavy atom. The summed E-state index contributed by atoms with van der Waals surface area (Å²) in [6.45, 7) is 1.27. The molecule has 1 aliphatic rings. The summed E-state index contributed by atoms with van der Waals surface area (Å²) >= 11 is 3.32. The number of nitrogens with one attached hydrogen (secondary N) is 1. The second kappa shape index (κ2) is 6.31. The number of carbonyl (C=O) groups is 1. The lowest BCUT2D eigenvalue weighted by Crippen LogP contribution is -2.47. The highest BCUT2D eigenvalue weighted by Crippen LogP contribution is 2.20. The van der Waals surface area contributed by atoms with Crippen molar-refractivity contribution in [2.24, 2.45) is 0 Å². The van der Waals surface area contributed by atoms with E-state index >= 15 is 0 Å². The number of pyridine rings is 1. The molecule has 6 nitrogen and oxygen atoms in total. The molecule has 1 aromatic rings. The Morgan fingerprint density at radius 3 is 3.21 bits per heavy atom. The van der Waals surface area contributed by atoms with Gasteiger partial charge in [-0.05, 0) is 22.0 Å². The van der Waals surface area contributed by atoms with Gasteiger partial charge in [-0.1, -0.05) is 0 Å². The average molecular weight is 330 g/mol. The third-order valence-electron chi connectivity index (χ3n) is 2.95. The molecule has 1 fully saturated rings. The Kier molecular flexibility index (Phi) is 4.73. The number of halogens is 1. The van der Waals surface area contributed by atoms with Crippen LogP contribution < -0.4 is 5.32 Å². The maximum absolute atomic E-state index is 12.5. The minimum atomic E-state index is -0.309. The zero-order valence-corrected chi connectivity index (χ0v) is 12.2. The predicted molar refractivity (Wildman–Crippen MR) is 74.2 cm³/mol. The number of nitrogens with zero attached hydrogens (tertiary/aromatic N) is 2. The Balaban J connectivity index is 2.21. The third kappa shape index (κ3) is 3.23. The molecule has 0 aliphatic carbocycles. The van der Waals surface area contributed by atoms with Gasteiger partial charge in [0, 0.05) is 30.8 Å². The highest BCUT2D eigenvalue weighted by Gasteiger charge is 2.26. The van der Waals surface area contributed by atoms with E-state index in [1.807, 2.05) is 0 Å². The summed E-state index contributed by atoms with van der Waals surface area (Å²) in [6, 6.07) is 1.74. The Labute approximate surface area is 119 Å². The maximum atomic E-state index is 12.5. The van der Waals surface area contributed by atoms with Crippen LogP contribution in [0, 0.1) is 0 Å². The molecule has 1 atom stereocenters. The van der Waals surface area contributed by atoms with Crippen LogP contribution in [0.1, 0.15) is 10.4 Å². The first-order valence-electron chi connectivity index (χ1n) is 6.00. The van der Waals surface area contributed by atoms with Crippen molar-refractivity contribution in [2.45, 2.75) is 6.10 Å². The van der Waals surface area contributed by atoms with E-state index in [2.05, 4.69) is 26.2 Å². The molecule has 7 heteroatoms. The minimum absolute atomic E-state index is 0.0839. The number of aromatic nitrogens is 1. The molecule has 19 heavy (non-hydrogen) atoms. The Hall–Kier alpha value is -1.18. The van der Waals surface area contributed by atoms with Crippen LogP contribution in [0.5, 0.6) is 0 Å². The Morgan fingerprint density at radius 2 is 2.53 bits per heavy atom. The fourth-order valence-electron chi connectivity index (χ4n) is 1.99. The fraction of sp³-hybridized carbons (Fsp3) is 0.500. The number of carbonyl (C=O) groups excluding carboxylic acids is 1. The second-order valence-electron chi connectivity index (χ2n) is 4.23. The Bertz CT molecular complexity index is 470. The number of hydrogen-bond donors (Lipinski definition) is 2. The van der Waals surface area contributed by atoms with E-state index in [1.54, 1.807) is 24.2 Å². The molecule has 2 heterocycles. The van der Waals surface area contributed by atoms with Crippen LogP contribution in [0.15, 0.2) is 16.7 Å². The normalized spacial score (nSPS) is 19.3. The van der Waals surface area contributed by atoms with Crippen molar-refractivity contribution >= 4 is 27.7 Å². The summed E-state index contributed by atoms with van der Waals surface area (Å²) in [5, 5.41) is 12.0. The lowest BCUT2D eigenvalue weighted by atomic mass is 10.2. The average Bonchev–Trinajstić information content (AvgIpc) is 2.46. The lowest BCUT2D eigenvalue weighted by molar-refractivity contribution is -0.0447. The molecular weight excluding hydrogens is 314 g/mol. The van der Waals surface area contributed by atoms with Crippen molar-refractivity contribution in [3.8, 4) is 0 Å². The number of aliphatic hydroxyl groups is 1. The number of amides is 1. The van der Waals surface area contributed by atoms with E-state index in [0.29, 0.717) is 31.1 Å². The van der Waals surface area contributed by atoms with Crippen LogP contribution in [-0.4, -0.2) is 60.4 Å². The summed E-state index contributed by atoms with van der Waals surface area (Å²) < 4.78 is 6.09. The largest absolute Gasteiger partial charge is 0.394 e. The highest BCUT2D eigenvalue weighted by molar-refractivity contribution is 9.10.